The Kier molecular flexibility index (Phi) is 4.99. The molecule has 1 aromatic rings. The van der Waals surface area contributed by atoms with E-state index in [1.165, 1.54) is 17.5 Å². The van der Waals surface area contributed by atoms with Gasteiger partial charge >= 0.3 is 0 Å². The van der Waals surface area contributed by atoms with Crippen molar-refractivity contribution in [2.24, 2.45) is 7.05 Å². The molecule has 1 aliphatic rings. The van der Waals surface area contributed by atoms with Gasteiger partial charge < -0.3 is 10.1 Å². The van der Waals surface area contributed by atoms with Crippen LogP contribution in [0.25, 0.3) is 0 Å². The normalized spacial score (nSPS) is 20.5. The second kappa shape index (κ2) is 6.52. The monoisotopic (exact) mass is 329 g/mol. The molecule has 1 saturated heterocycles. The lowest BCUT2D eigenvalue weighted by Crippen LogP contribution is -2.24. The summed E-state index contributed by atoms with van der Waals surface area (Å²) < 4.78 is 7.46. The molecule has 0 bridgehead atoms. The fourth-order valence-electron chi connectivity index (χ4n) is 2.26. The topological polar surface area (TPSA) is 56.1 Å². The molecule has 1 aromatic heterocycles. The molecule has 106 valence electrons. The summed E-state index contributed by atoms with van der Waals surface area (Å²) in [5.74, 6) is 0. The summed E-state index contributed by atoms with van der Waals surface area (Å²) in [4.78, 5) is 11.7. The average molecular weight is 330 g/mol. The first kappa shape index (κ1) is 14.5. The summed E-state index contributed by atoms with van der Waals surface area (Å²) in [6, 6.07) is 0.286. The second-order valence-corrected chi connectivity index (χ2v) is 5.85. The quantitative estimate of drug-likeness (QED) is 0.900. The van der Waals surface area contributed by atoms with E-state index >= 15 is 0 Å². The van der Waals surface area contributed by atoms with Crippen molar-refractivity contribution in [1.29, 1.82) is 0 Å². The van der Waals surface area contributed by atoms with Crippen LogP contribution in [0.5, 0.6) is 0 Å². The predicted molar refractivity (Wildman–Crippen MR) is 78.5 cm³/mol. The second-order valence-electron chi connectivity index (χ2n) is 5.06. The maximum absolute atomic E-state index is 11.7. The van der Waals surface area contributed by atoms with Gasteiger partial charge in [0.1, 0.15) is 4.47 Å². The molecule has 0 unspecified atom stereocenters. The largest absolute Gasteiger partial charge is 0.380 e. The number of aryl methyl sites for hydroxylation is 1. The Bertz CT molecular complexity index is 483. The molecule has 19 heavy (non-hydrogen) atoms. The highest BCUT2D eigenvalue weighted by Gasteiger charge is 2.17. The third-order valence-electron chi connectivity index (χ3n) is 3.43. The summed E-state index contributed by atoms with van der Waals surface area (Å²) in [6.45, 7) is 3.01. The fourth-order valence-corrected chi connectivity index (χ4v) is 2.73. The van der Waals surface area contributed by atoms with E-state index in [0.29, 0.717) is 10.6 Å². The maximum atomic E-state index is 11.7. The molecule has 6 heteroatoms. The van der Waals surface area contributed by atoms with Crippen molar-refractivity contribution < 1.29 is 4.74 Å². The number of ether oxygens (including phenoxy) is 1. The number of hydrogen-bond donors (Lipinski definition) is 1. The van der Waals surface area contributed by atoms with E-state index in [-0.39, 0.29) is 11.6 Å². The van der Waals surface area contributed by atoms with E-state index in [2.05, 4.69) is 33.3 Å². The van der Waals surface area contributed by atoms with Gasteiger partial charge in [-0.05, 0) is 48.5 Å². The molecule has 0 spiro atoms. The highest BCUT2D eigenvalue weighted by atomic mass is 79.9. The Morgan fingerprint density at radius 1 is 1.68 bits per heavy atom. The lowest BCUT2D eigenvalue weighted by atomic mass is 10.1. The zero-order valence-electron chi connectivity index (χ0n) is 11.4. The number of nitrogens with one attached hydrogen (secondary N) is 1. The standard InChI is InChI=1S/C13H20BrN3O2/c1-9(5-6-10-4-3-7-19-10)16-11-8-15-17(2)13(18)12(11)14/h8-10,16H,3-7H2,1-2H3/t9-,10-/m1/s1. The van der Waals surface area contributed by atoms with Crippen molar-refractivity contribution in [3.05, 3.63) is 21.0 Å². The van der Waals surface area contributed by atoms with Crippen molar-refractivity contribution in [1.82, 2.24) is 9.78 Å². The van der Waals surface area contributed by atoms with Crippen LogP contribution in [0, 0.1) is 0 Å². The van der Waals surface area contributed by atoms with Crippen molar-refractivity contribution in [3.63, 3.8) is 0 Å². The van der Waals surface area contributed by atoms with E-state index in [9.17, 15) is 4.79 Å². The lowest BCUT2D eigenvalue weighted by Gasteiger charge is -2.18. The van der Waals surface area contributed by atoms with Gasteiger partial charge in [-0.2, -0.15) is 5.10 Å². The molecule has 2 rings (SSSR count). The first-order valence-electron chi connectivity index (χ1n) is 6.68. The van der Waals surface area contributed by atoms with Crippen LogP contribution in [-0.4, -0.2) is 28.5 Å². The van der Waals surface area contributed by atoms with Crippen molar-refractivity contribution >= 4 is 21.6 Å². The molecule has 1 N–H and O–H groups in total. The molecule has 0 amide bonds. The fraction of sp³-hybridized carbons (Fsp3) is 0.692. The van der Waals surface area contributed by atoms with Crippen LogP contribution in [-0.2, 0) is 11.8 Å². The van der Waals surface area contributed by atoms with Crippen LogP contribution >= 0.6 is 15.9 Å². The number of nitrogens with zero attached hydrogens (tertiary/aromatic N) is 2. The van der Waals surface area contributed by atoms with Gasteiger partial charge in [0.25, 0.3) is 5.56 Å². The molecule has 0 radical (unpaired) electrons. The Labute approximate surface area is 121 Å². The molecular formula is C13H20BrN3O2. The van der Waals surface area contributed by atoms with E-state index in [1.807, 2.05) is 0 Å². The minimum atomic E-state index is -0.128. The molecule has 1 aliphatic heterocycles. The first-order chi connectivity index (χ1) is 9.08. The molecule has 0 aromatic carbocycles. The van der Waals surface area contributed by atoms with Crippen LogP contribution in [0.4, 0.5) is 5.69 Å². The van der Waals surface area contributed by atoms with Gasteiger partial charge in [0.05, 0.1) is 18.0 Å². The van der Waals surface area contributed by atoms with Gasteiger partial charge in [-0.25, -0.2) is 4.68 Å². The van der Waals surface area contributed by atoms with Gasteiger partial charge in [-0.15, -0.1) is 0 Å². The highest BCUT2D eigenvalue weighted by Crippen LogP contribution is 2.21. The number of hydrogen-bond acceptors (Lipinski definition) is 4. The van der Waals surface area contributed by atoms with E-state index < -0.39 is 0 Å². The van der Waals surface area contributed by atoms with Crippen LogP contribution in [0.2, 0.25) is 0 Å². The Morgan fingerprint density at radius 2 is 2.47 bits per heavy atom. The molecular weight excluding hydrogens is 310 g/mol. The molecule has 0 saturated carbocycles. The summed E-state index contributed by atoms with van der Waals surface area (Å²) in [5, 5.41) is 7.34. The molecule has 5 nitrogen and oxygen atoms in total. The Morgan fingerprint density at radius 3 is 3.16 bits per heavy atom. The average Bonchev–Trinajstić information content (AvgIpc) is 2.90. The Hall–Kier alpha value is -0.880. The van der Waals surface area contributed by atoms with E-state index in [4.69, 9.17) is 4.74 Å². The van der Waals surface area contributed by atoms with Gasteiger partial charge in [0.2, 0.25) is 0 Å². The highest BCUT2D eigenvalue weighted by molar-refractivity contribution is 9.10. The van der Waals surface area contributed by atoms with Gasteiger partial charge in [-0.3, -0.25) is 4.79 Å². The van der Waals surface area contributed by atoms with Crippen LogP contribution in [0.15, 0.2) is 15.5 Å². The van der Waals surface area contributed by atoms with Gasteiger partial charge in [0, 0.05) is 19.7 Å². The van der Waals surface area contributed by atoms with Crippen molar-refractivity contribution in [3.8, 4) is 0 Å². The number of anilines is 1. The summed E-state index contributed by atoms with van der Waals surface area (Å²) >= 11 is 3.32. The minimum absolute atomic E-state index is 0.128. The van der Waals surface area contributed by atoms with Crippen molar-refractivity contribution in [2.45, 2.75) is 44.8 Å². The van der Waals surface area contributed by atoms with Crippen LogP contribution < -0.4 is 10.9 Å². The zero-order chi connectivity index (χ0) is 13.8. The lowest BCUT2D eigenvalue weighted by molar-refractivity contribution is 0.102. The van der Waals surface area contributed by atoms with E-state index in [0.717, 1.165) is 25.1 Å². The number of rotatable bonds is 5. The smallest absolute Gasteiger partial charge is 0.282 e. The minimum Gasteiger partial charge on any atom is -0.380 e. The maximum Gasteiger partial charge on any atom is 0.282 e. The molecule has 1 fully saturated rings. The zero-order valence-corrected chi connectivity index (χ0v) is 12.9. The molecule has 2 atom stereocenters. The van der Waals surface area contributed by atoms with Gasteiger partial charge in [0.15, 0.2) is 0 Å². The number of halogens is 1. The summed E-state index contributed by atoms with van der Waals surface area (Å²) in [6.07, 6.45) is 6.51. The van der Waals surface area contributed by atoms with Crippen LogP contribution in [0.3, 0.4) is 0 Å². The SMILES string of the molecule is C[C@H](CC[C@H]1CCCO1)Nc1cnn(C)c(=O)c1Br. The molecule has 0 aliphatic carbocycles. The van der Waals surface area contributed by atoms with Crippen LogP contribution in [0.1, 0.15) is 32.6 Å². The van der Waals surface area contributed by atoms with Crippen molar-refractivity contribution in [2.75, 3.05) is 11.9 Å². The summed E-state index contributed by atoms with van der Waals surface area (Å²) in [5.41, 5.74) is 0.624. The van der Waals surface area contributed by atoms with Gasteiger partial charge in [-0.1, -0.05) is 0 Å². The van der Waals surface area contributed by atoms with E-state index in [1.54, 1.807) is 13.2 Å². The first-order valence-corrected chi connectivity index (χ1v) is 7.47. The third kappa shape index (κ3) is 3.79. The third-order valence-corrected chi connectivity index (χ3v) is 4.19. The predicted octanol–water partition coefficient (Wildman–Crippen LogP) is 2.30. The summed E-state index contributed by atoms with van der Waals surface area (Å²) in [7, 11) is 1.64. The molecule has 2 heterocycles. The number of aromatic nitrogens is 2. The Balaban J connectivity index is 1.89.